The normalized spacial score (nSPS) is 31.0. The lowest BCUT2D eigenvalue weighted by Gasteiger charge is -2.40. The molecule has 8 nitrogen and oxygen atoms in total. The van der Waals surface area contributed by atoms with Gasteiger partial charge in [0, 0.05) is 16.8 Å². The Balaban J connectivity index is 1.44. The summed E-state index contributed by atoms with van der Waals surface area (Å²) in [4.78, 5) is 29.7. The number of hydrogen-bond acceptors (Lipinski definition) is 7. The first kappa shape index (κ1) is 24.4. The van der Waals surface area contributed by atoms with Gasteiger partial charge in [0.1, 0.15) is 11.0 Å². The molecule has 1 aromatic rings. The third-order valence-electron chi connectivity index (χ3n) is 8.37. The number of nitrogens with zero attached hydrogens (tertiary/aromatic N) is 3. The van der Waals surface area contributed by atoms with E-state index in [4.69, 9.17) is 0 Å². The number of nitrogens with one attached hydrogen (secondary N) is 2. The SMILES string of the molecule is CC1CCC(C(=O)N(c2cc(C3=CCCCC3)sc2C(=O)O)C2CCC(C3N=NNN3)CC2)CC1. The first-order valence-corrected chi connectivity index (χ1v) is 14.1. The molecule has 0 spiro atoms. The van der Waals surface area contributed by atoms with E-state index in [-0.39, 0.29) is 24.0 Å². The number of carbonyl (C=O) groups excluding carboxylic acids is 1. The molecular formula is C26H37N5O3S. The van der Waals surface area contributed by atoms with Crippen LogP contribution in [0.3, 0.4) is 0 Å². The van der Waals surface area contributed by atoms with E-state index >= 15 is 0 Å². The lowest BCUT2D eigenvalue weighted by molar-refractivity contribution is -0.124. The van der Waals surface area contributed by atoms with Crippen LogP contribution in [0.2, 0.25) is 0 Å². The number of thiophene rings is 1. The minimum Gasteiger partial charge on any atom is -0.477 e. The molecule has 9 heteroatoms. The van der Waals surface area contributed by atoms with Crippen LogP contribution < -0.4 is 15.9 Å². The number of allylic oxidation sites excluding steroid dienone is 2. The van der Waals surface area contributed by atoms with Gasteiger partial charge in [-0.1, -0.05) is 18.2 Å². The summed E-state index contributed by atoms with van der Waals surface area (Å²) in [6.07, 6.45) is 14.0. The number of carboxylic acids is 1. The van der Waals surface area contributed by atoms with Crippen LogP contribution in [0.1, 0.15) is 98.5 Å². The van der Waals surface area contributed by atoms with Crippen LogP contribution in [-0.2, 0) is 4.79 Å². The average molecular weight is 500 g/mol. The Morgan fingerprint density at radius 1 is 1.09 bits per heavy atom. The fourth-order valence-electron chi connectivity index (χ4n) is 6.24. The van der Waals surface area contributed by atoms with E-state index in [0.717, 1.165) is 75.5 Å². The lowest BCUT2D eigenvalue weighted by Crippen LogP contribution is -2.48. The molecule has 0 saturated heterocycles. The first-order chi connectivity index (χ1) is 17.0. The van der Waals surface area contributed by atoms with E-state index in [9.17, 15) is 14.7 Å². The zero-order valence-corrected chi connectivity index (χ0v) is 21.4. The fourth-order valence-corrected chi connectivity index (χ4v) is 7.29. The van der Waals surface area contributed by atoms with E-state index in [1.807, 2.05) is 11.0 Å². The average Bonchev–Trinajstić information content (AvgIpc) is 3.57. The summed E-state index contributed by atoms with van der Waals surface area (Å²) < 4.78 is 0. The summed E-state index contributed by atoms with van der Waals surface area (Å²) in [5.74, 6) is 0.201. The second-order valence-electron chi connectivity index (χ2n) is 10.8. The van der Waals surface area contributed by atoms with Gasteiger partial charge >= 0.3 is 5.97 Å². The molecule has 1 atom stereocenters. The standard InChI is InChI=1S/C26H37N5O3S/c1-16-7-9-19(10-8-16)25(32)31(20-13-11-18(12-14-20)24-27-29-30-28-24)21-15-22(35-23(21)26(33)34)17-5-3-2-4-6-17/h5,15-16,18-20,24H,2-4,6-14H2,1H3,(H,27,30)(H,28,29)(H,33,34). The molecule has 3 N–H and O–H groups in total. The molecule has 1 unspecified atom stereocenters. The highest BCUT2D eigenvalue weighted by atomic mass is 32.1. The Morgan fingerprint density at radius 2 is 1.86 bits per heavy atom. The van der Waals surface area contributed by atoms with Crippen molar-refractivity contribution >= 4 is 34.5 Å². The largest absolute Gasteiger partial charge is 0.477 e. The number of amides is 1. The van der Waals surface area contributed by atoms with Crippen molar-refractivity contribution in [2.24, 2.45) is 28.1 Å². The molecule has 1 aromatic heterocycles. The number of hydrogen-bond donors (Lipinski definition) is 3. The van der Waals surface area contributed by atoms with Crippen LogP contribution in [-0.4, -0.2) is 29.2 Å². The van der Waals surface area contributed by atoms with Gasteiger partial charge < -0.3 is 10.0 Å². The van der Waals surface area contributed by atoms with Gasteiger partial charge in [0.05, 0.1) is 5.69 Å². The van der Waals surface area contributed by atoms with Gasteiger partial charge in [-0.05, 0) is 101 Å². The topological polar surface area (TPSA) is 106 Å². The van der Waals surface area contributed by atoms with Crippen molar-refractivity contribution < 1.29 is 14.7 Å². The van der Waals surface area contributed by atoms with Crippen LogP contribution in [0, 0.1) is 17.8 Å². The third kappa shape index (κ3) is 5.31. The van der Waals surface area contributed by atoms with E-state index in [1.54, 1.807) is 0 Å². The van der Waals surface area contributed by atoms with Gasteiger partial charge in [-0.15, -0.1) is 16.5 Å². The van der Waals surface area contributed by atoms with Crippen LogP contribution in [0.4, 0.5) is 5.69 Å². The molecule has 4 aliphatic rings. The molecule has 2 heterocycles. The van der Waals surface area contributed by atoms with E-state index in [0.29, 0.717) is 22.4 Å². The van der Waals surface area contributed by atoms with E-state index < -0.39 is 5.97 Å². The van der Waals surface area contributed by atoms with Crippen molar-refractivity contribution in [2.45, 2.75) is 96.2 Å². The Labute approximate surface area is 211 Å². The number of carbonyl (C=O) groups is 2. The summed E-state index contributed by atoms with van der Waals surface area (Å²) in [7, 11) is 0. The van der Waals surface area contributed by atoms with Crippen LogP contribution in [0.5, 0.6) is 0 Å². The predicted octanol–water partition coefficient (Wildman–Crippen LogP) is 5.92. The zero-order valence-electron chi connectivity index (χ0n) is 20.5. The highest BCUT2D eigenvalue weighted by Gasteiger charge is 2.39. The second-order valence-corrected chi connectivity index (χ2v) is 11.8. The van der Waals surface area contributed by atoms with Crippen LogP contribution >= 0.6 is 11.3 Å². The molecule has 1 aliphatic heterocycles. The number of rotatable bonds is 6. The molecule has 1 amide bonds. The Kier molecular flexibility index (Phi) is 7.53. The second kappa shape index (κ2) is 10.8. The van der Waals surface area contributed by atoms with Crippen molar-refractivity contribution in [3.05, 3.63) is 21.9 Å². The molecule has 5 rings (SSSR count). The Morgan fingerprint density at radius 3 is 2.49 bits per heavy atom. The Hall–Kier alpha value is -2.26. The monoisotopic (exact) mass is 499 g/mol. The highest BCUT2D eigenvalue weighted by Crippen LogP contribution is 2.42. The molecular weight excluding hydrogens is 462 g/mol. The number of aromatic carboxylic acids is 1. The summed E-state index contributed by atoms with van der Waals surface area (Å²) >= 11 is 1.34. The van der Waals surface area contributed by atoms with Crippen molar-refractivity contribution in [1.82, 2.24) is 11.0 Å². The highest BCUT2D eigenvalue weighted by molar-refractivity contribution is 7.15. The minimum absolute atomic E-state index is 0.0164. The maximum absolute atomic E-state index is 14.1. The van der Waals surface area contributed by atoms with Gasteiger partial charge in [0.2, 0.25) is 5.91 Å². The maximum Gasteiger partial charge on any atom is 0.348 e. The summed E-state index contributed by atoms with van der Waals surface area (Å²) in [5.41, 5.74) is 7.68. The molecule has 0 aromatic carbocycles. The summed E-state index contributed by atoms with van der Waals surface area (Å²) in [6, 6.07) is 2.03. The van der Waals surface area contributed by atoms with Crippen molar-refractivity contribution in [1.29, 1.82) is 0 Å². The number of anilines is 1. The quantitative estimate of drug-likeness (QED) is 0.450. The van der Waals surface area contributed by atoms with Gasteiger partial charge in [-0.3, -0.25) is 4.79 Å². The Bertz CT molecular complexity index is 989. The van der Waals surface area contributed by atoms with E-state index in [2.05, 4.69) is 34.3 Å². The molecule has 35 heavy (non-hydrogen) atoms. The van der Waals surface area contributed by atoms with Gasteiger partial charge in [-0.2, -0.15) is 5.43 Å². The third-order valence-corrected chi connectivity index (χ3v) is 9.56. The van der Waals surface area contributed by atoms with Crippen molar-refractivity contribution in [3.8, 4) is 0 Å². The van der Waals surface area contributed by atoms with E-state index in [1.165, 1.54) is 23.3 Å². The molecule has 190 valence electrons. The molecule has 2 saturated carbocycles. The molecule has 0 bridgehead atoms. The first-order valence-electron chi connectivity index (χ1n) is 13.3. The van der Waals surface area contributed by atoms with Crippen LogP contribution in [0.15, 0.2) is 22.5 Å². The maximum atomic E-state index is 14.1. The van der Waals surface area contributed by atoms with Crippen molar-refractivity contribution in [2.75, 3.05) is 4.90 Å². The van der Waals surface area contributed by atoms with Crippen LogP contribution in [0.25, 0.3) is 5.57 Å². The number of hydrazine groups is 1. The molecule has 3 aliphatic carbocycles. The summed E-state index contributed by atoms with van der Waals surface area (Å²) in [6.45, 7) is 2.26. The van der Waals surface area contributed by atoms with Crippen molar-refractivity contribution in [3.63, 3.8) is 0 Å². The smallest absolute Gasteiger partial charge is 0.348 e. The zero-order chi connectivity index (χ0) is 24.4. The molecule has 0 radical (unpaired) electrons. The van der Waals surface area contributed by atoms with Gasteiger partial charge in [0.15, 0.2) is 0 Å². The molecule has 2 fully saturated rings. The van der Waals surface area contributed by atoms with Gasteiger partial charge in [-0.25, -0.2) is 10.3 Å². The fraction of sp³-hybridized carbons (Fsp3) is 0.692. The van der Waals surface area contributed by atoms with Gasteiger partial charge in [0.25, 0.3) is 0 Å². The summed E-state index contributed by atoms with van der Waals surface area (Å²) in [5, 5.41) is 18.2. The predicted molar refractivity (Wildman–Crippen MR) is 137 cm³/mol. The lowest BCUT2D eigenvalue weighted by atomic mass is 9.80. The number of carboxylic acid groups (broad SMARTS) is 1. The minimum atomic E-state index is -0.932.